The average Bonchev–Trinajstić information content (AvgIpc) is 2.65. The molecule has 0 aromatic heterocycles. The van der Waals surface area contributed by atoms with Gasteiger partial charge in [0.15, 0.2) is 0 Å². The third-order valence-electron chi connectivity index (χ3n) is 4.13. The van der Waals surface area contributed by atoms with E-state index in [0.717, 1.165) is 23.3 Å². The molecule has 2 N–H and O–H groups in total. The van der Waals surface area contributed by atoms with Gasteiger partial charge in [0.2, 0.25) is 0 Å². The van der Waals surface area contributed by atoms with Gasteiger partial charge in [-0.3, -0.25) is 10.1 Å². The van der Waals surface area contributed by atoms with E-state index in [4.69, 9.17) is 0 Å². The van der Waals surface area contributed by atoms with Gasteiger partial charge in [-0.1, -0.05) is 29.8 Å². The van der Waals surface area contributed by atoms with Gasteiger partial charge in [0.05, 0.1) is 10.5 Å². The quantitative estimate of drug-likeness (QED) is 0.407. The van der Waals surface area contributed by atoms with Crippen LogP contribution in [-0.2, 0) is 12.7 Å². The van der Waals surface area contributed by atoms with Gasteiger partial charge < -0.3 is 15.5 Å². The highest BCUT2D eigenvalue weighted by Gasteiger charge is 2.33. The van der Waals surface area contributed by atoms with Crippen molar-refractivity contribution in [3.05, 3.63) is 69.3 Å². The monoisotopic (exact) mass is 410 g/mol. The molecule has 0 fully saturated rings. The number of carbonyl (C=O) groups is 1. The largest absolute Gasteiger partial charge is 0.416 e. The number of alkyl halides is 3. The molecule has 29 heavy (non-hydrogen) atoms. The predicted octanol–water partition coefficient (Wildman–Crippen LogP) is 4.18. The first-order chi connectivity index (χ1) is 13.6. The molecule has 10 heteroatoms. The third-order valence-corrected chi connectivity index (χ3v) is 4.13. The summed E-state index contributed by atoms with van der Waals surface area (Å²) in [4.78, 5) is 23.8. The summed E-state index contributed by atoms with van der Waals surface area (Å²) in [7, 11) is 1.63. The number of amides is 2. The number of halogens is 3. The van der Waals surface area contributed by atoms with Gasteiger partial charge in [0, 0.05) is 32.7 Å². The maximum absolute atomic E-state index is 12.7. The van der Waals surface area contributed by atoms with Crippen molar-refractivity contribution in [3.8, 4) is 0 Å². The fourth-order valence-corrected chi connectivity index (χ4v) is 2.55. The Hall–Kier alpha value is -3.30. The fraction of sp³-hybridized carbons (Fsp3) is 0.316. The summed E-state index contributed by atoms with van der Waals surface area (Å²) in [6.45, 7) is 2.61. The van der Waals surface area contributed by atoms with Gasteiger partial charge in [-0.15, -0.1) is 0 Å². The number of carbonyl (C=O) groups excluding carboxylic acids is 1. The first kappa shape index (κ1) is 22.0. The molecule has 0 bridgehead atoms. The zero-order chi connectivity index (χ0) is 21.6. The van der Waals surface area contributed by atoms with E-state index in [1.165, 1.54) is 4.90 Å². The molecule has 0 atom stereocenters. The number of rotatable bonds is 7. The predicted molar refractivity (Wildman–Crippen MR) is 103 cm³/mol. The van der Waals surface area contributed by atoms with Crippen molar-refractivity contribution in [2.75, 3.05) is 25.5 Å². The second-order valence-corrected chi connectivity index (χ2v) is 6.49. The van der Waals surface area contributed by atoms with Crippen LogP contribution in [0.5, 0.6) is 0 Å². The number of hydrogen-bond donors (Lipinski definition) is 2. The number of hydrogen-bond acceptors (Lipinski definition) is 4. The highest BCUT2D eigenvalue weighted by molar-refractivity contribution is 5.74. The van der Waals surface area contributed by atoms with Crippen LogP contribution in [0.4, 0.5) is 29.3 Å². The minimum atomic E-state index is -4.67. The summed E-state index contributed by atoms with van der Waals surface area (Å²) >= 11 is 0. The van der Waals surface area contributed by atoms with Crippen molar-refractivity contribution in [2.45, 2.75) is 19.6 Å². The number of anilines is 1. The van der Waals surface area contributed by atoms with Gasteiger partial charge in [-0.25, -0.2) is 4.79 Å². The standard InChI is InChI=1S/C19H21F3N4O3/c1-13-3-5-14(6-4-13)12-25(2)18(27)24-10-9-23-16-8-7-15(19(20,21)22)11-17(16)26(28)29/h3-8,11,23H,9-10,12H2,1-2H3,(H,24,27). The molecule has 0 heterocycles. The number of nitro groups is 1. The Bertz CT molecular complexity index is 870. The van der Waals surface area contributed by atoms with Crippen LogP contribution in [0.25, 0.3) is 0 Å². The maximum Gasteiger partial charge on any atom is 0.416 e. The Morgan fingerprint density at radius 3 is 2.38 bits per heavy atom. The Morgan fingerprint density at radius 1 is 1.14 bits per heavy atom. The lowest BCUT2D eigenvalue weighted by Gasteiger charge is -2.18. The zero-order valence-corrected chi connectivity index (χ0v) is 15.9. The molecule has 0 aliphatic rings. The average molecular weight is 410 g/mol. The smallest absolute Gasteiger partial charge is 0.378 e. The van der Waals surface area contributed by atoms with Crippen molar-refractivity contribution in [3.63, 3.8) is 0 Å². The molecule has 2 aromatic carbocycles. The minimum Gasteiger partial charge on any atom is -0.378 e. The van der Waals surface area contributed by atoms with Gasteiger partial charge in [0.1, 0.15) is 5.69 Å². The number of nitrogens with one attached hydrogen (secondary N) is 2. The molecule has 2 aromatic rings. The van der Waals surface area contributed by atoms with Crippen molar-refractivity contribution in [2.24, 2.45) is 0 Å². The first-order valence-corrected chi connectivity index (χ1v) is 8.72. The number of benzene rings is 2. The molecular weight excluding hydrogens is 389 g/mol. The number of nitro benzene ring substituents is 1. The molecule has 0 radical (unpaired) electrons. The van der Waals surface area contributed by atoms with Crippen LogP contribution in [0.15, 0.2) is 42.5 Å². The lowest BCUT2D eigenvalue weighted by molar-refractivity contribution is -0.384. The van der Waals surface area contributed by atoms with Gasteiger partial charge in [-0.2, -0.15) is 13.2 Å². The van der Waals surface area contributed by atoms with Crippen LogP contribution in [0.2, 0.25) is 0 Å². The Labute approximate surface area is 165 Å². The van der Waals surface area contributed by atoms with Gasteiger partial charge in [-0.05, 0) is 24.6 Å². The van der Waals surface area contributed by atoms with Crippen LogP contribution in [0.1, 0.15) is 16.7 Å². The Balaban J connectivity index is 1.87. The fourth-order valence-electron chi connectivity index (χ4n) is 2.55. The molecule has 2 rings (SSSR count). The summed E-state index contributed by atoms with van der Waals surface area (Å²) in [5.41, 5.74) is 0.254. The van der Waals surface area contributed by atoms with E-state index in [1.807, 2.05) is 31.2 Å². The van der Waals surface area contributed by atoms with E-state index in [0.29, 0.717) is 12.6 Å². The second kappa shape index (κ2) is 9.26. The SMILES string of the molecule is Cc1ccc(CN(C)C(=O)NCCNc2ccc(C(F)(F)F)cc2[N+](=O)[O-])cc1. The molecule has 0 aliphatic heterocycles. The summed E-state index contributed by atoms with van der Waals surface area (Å²) < 4.78 is 38.1. The van der Waals surface area contributed by atoms with E-state index in [2.05, 4.69) is 10.6 Å². The Kier molecular flexibility index (Phi) is 7.03. The number of nitrogens with zero attached hydrogens (tertiary/aromatic N) is 2. The minimum absolute atomic E-state index is 0.0507. The lowest BCUT2D eigenvalue weighted by atomic mass is 10.1. The molecule has 0 unspecified atom stereocenters. The third kappa shape index (κ3) is 6.37. The lowest BCUT2D eigenvalue weighted by Crippen LogP contribution is -2.39. The van der Waals surface area contributed by atoms with Crippen molar-refractivity contribution in [1.82, 2.24) is 10.2 Å². The topological polar surface area (TPSA) is 87.5 Å². The molecule has 156 valence electrons. The van der Waals surface area contributed by atoms with E-state index in [-0.39, 0.29) is 24.8 Å². The van der Waals surface area contributed by atoms with Crippen LogP contribution >= 0.6 is 0 Å². The molecule has 0 saturated heterocycles. The highest BCUT2D eigenvalue weighted by Crippen LogP contribution is 2.34. The second-order valence-electron chi connectivity index (χ2n) is 6.49. The maximum atomic E-state index is 12.7. The zero-order valence-electron chi connectivity index (χ0n) is 15.9. The van der Waals surface area contributed by atoms with Crippen LogP contribution in [0.3, 0.4) is 0 Å². The van der Waals surface area contributed by atoms with E-state index in [9.17, 15) is 28.1 Å². The van der Waals surface area contributed by atoms with E-state index in [1.54, 1.807) is 7.05 Å². The molecule has 0 saturated carbocycles. The van der Waals surface area contributed by atoms with Crippen molar-refractivity contribution >= 4 is 17.4 Å². The Morgan fingerprint density at radius 2 is 1.79 bits per heavy atom. The van der Waals surface area contributed by atoms with Crippen molar-refractivity contribution in [1.29, 1.82) is 0 Å². The number of aryl methyl sites for hydroxylation is 1. The van der Waals surface area contributed by atoms with Gasteiger partial charge in [0.25, 0.3) is 5.69 Å². The normalized spacial score (nSPS) is 11.1. The molecule has 0 spiro atoms. The summed E-state index contributed by atoms with van der Waals surface area (Å²) in [5, 5.41) is 16.4. The highest BCUT2D eigenvalue weighted by atomic mass is 19.4. The first-order valence-electron chi connectivity index (χ1n) is 8.72. The summed E-state index contributed by atoms with van der Waals surface area (Å²) in [6.07, 6.45) is -4.67. The van der Waals surface area contributed by atoms with Crippen molar-refractivity contribution < 1.29 is 22.9 Å². The van der Waals surface area contributed by atoms with Crippen LogP contribution in [-0.4, -0.2) is 36.0 Å². The van der Waals surface area contributed by atoms with Gasteiger partial charge >= 0.3 is 12.2 Å². The molecular formula is C19H21F3N4O3. The number of urea groups is 1. The van der Waals surface area contributed by atoms with Crippen LogP contribution < -0.4 is 10.6 Å². The summed E-state index contributed by atoms with van der Waals surface area (Å²) in [5.74, 6) is 0. The summed E-state index contributed by atoms with van der Waals surface area (Å²) in [6, 6.07) is 9.65. The van der Waals surface area contributed by atoms with E-state index < -0.39 is 22.4 Å². The van der Waals surface area contributed by atoms with Crippen LogP contribution in [0, 0.1) is 17.0 Å². The molecule has 2 amide bonds. The molecule has 0 aliphatic carbocycles. The molecule has 7 nitrogen and oxygen atoms in total. The van der Waals surface area contributed by atoms with E-state index >= 15 is 0 Å².